The molecule has 0 saturated heterocycles. The third-order valence-electron chi connectivity index (χ3n) is 4.93. The van der Waals surface area contributed by atoms with E-state index in [1.165, 1.54) is 11.8 Å². The molecule has 1 atom stereocenters. The molecule has 0 spiro atoms. The predicted molar refractivity (Wildman–Crippen MR) is 132 cm³/mol. The van der Waals surface area contributed by atoms with Gasteiger partial charge in [0.05, 0.1) is 25.0 Å². The number of anilines is 2. The van der Waals surface area contributed by atoms with Crippen LogP contribution in [0.4, 0.5) is 11.5 Å². The van der Waals surface area contributed by atoms with Gasteiger partial charge in [-0.25, -0.2) is 9.97 Å². The minimum Gasteiger partial charge on any atom is -0.497 e. The van der Waals surface area contributed by atoms with Gasteiger partial charge >= 0.3 is 0 Å². The van der Waals surface area contributed by atoms with E-state index in [2.05, 4.69) is 15.6 Å². The molecule has 2 aromatic carbocycles. The summed E-state index contributed by atoms with van der Waals surface area (Å²) in [5.74, 6) is 1.96. The molecule has 1 amide bonds. The normalized spacial score (nSPS) is 11.8. The van der Waals surface area contributed by atoms with Gasteiger partial charge in [0, 0.05) is 49.5 Å². The smallest absolute Gasteiger partial charge is 0.233 e. The highest BCUT2D eigenvalue weighted by Gasteiger charge is 2.20. The Morgan fingerprint density at radius 1 is 1.06 bits per heavy atom. The summed E-state index contributed by atoms with van der Waals surface area (Å²) in [6.45, 7) is 3.17. The highest BCUT2D eigenvalue weighted by Crippen LogP contribution is 2.32. The summed E-state index contributed by atoms with van der Waals surface area (Å²) in [4.78, 5) is 22.1. The second kappa shape index (κ2) is 12.3. The summed E-state index contributed by atoms with van der Waals surface area (Å²) in [5, 5.41) is 7.45. The molecule has 3 aromatic rings. The van der Waals surface area contributed by atoms with Gasteiger partial charge < -0.3 is 24.8 Å². The first-order valence-corrected chi connectivity index (χ1v) is 11.7. The van der Waals surface area contributed by atoms with Crippen molar-refractivity contribution in [2.24, 2.45) is 0 Å². The Morgan fingerprint density at radius 3 is 2.45 bits per heavy atom. The van der Waals surface area contributed by atoms with E-state index in [1.54, 1.807) is 21.3 Å². The van der Waals surface area contributed by atoms with Crippen LogP contribution in [0.15, 0.2) is 47.6 Å². The summed E-state index contributed by atoms with van der Waals surface area (Å²) in [6, 6.07) is 13.3. The van der Waals surface area contributed by atoms with E-state index in [-0.39, 0.29) is 11.2 Å². The Hall–Kier alpha value is -3.04. The molecule has 9 heteroatoms. The van der Waals surface area contributed by atoms with E-state index in [0.29, 0.717) is 42.0 Å². The lowest BCUT2D eigenvalue weighted by molar-refractivity contribution is -0.120. The number of benzene rings is 2. The topological polar surface area (TPSA) is 94.6 Å². The number of thioether (sulfide) groups is 1. The van der Waals surface area contributed by atoms with E-state index in [4.69, 9.17) is 19.2 Å². The number of nitrogens with one attached hydrogen (secondary N) is 2. The van der Waals surface area contributed by atoms with Crippen LogP contribution in [-0.2, 0) is 9.53 Å². The maximum atomic E-state index is 12.7. The van der Waals surface area contributed by atoms with E-state index < -0.39 is 0 Å². The lowest BCUT2D eigenvalue weighted by atomic mass is 10.2. The van der Waals surface area contributed by atoms with Gasteiger partial charge in [0.15, 0.2) is 5.16 Å². The van der Waals surface area contributed by atoms with Crippen LogP contribution in [0.25, 0.3) is 10.9 Å². The number of fused-ring (bicyclic) bond motifs is 1. The van der Waals surface area contributed by atoms with Gasteiger partial charge in [0.1, 0.15) is 17.3 Å². The Kier molecular flexibility index (Phi) is 9.14. The van der Waals surface area contributed by atoms with Gasteiger partial charge in [-0.15, -0.1) is 0 Å². The fraction of sp³-hybridized carbons (Fsp3) is 0.375. The molecule has 33 heavy (non-hydrogen) atoms. The fourth-order valence-electron chi connectivity index (χ4n) is 3.21. The lowest BCUT2D eigenvalue weighted by Gasteiger charge is -2.16. The first-order valence-electron chi connectivity index (χ1n) is 10.8. The highest BCUT2D eigenvalue weighted by atomic mass is 32.2. The molecule has 3 rings (SSSR count). The first kappa shape index (κ1) is 24.6. The molecule has 0 saturated carbocycles. The van der Waals surface area contributed by atoms with Gasteiger partial charge in [-0.1, -0.05) is 30.8 Å². The number of hydrogen-bond acceptors (Lipinski definition) is 8. The number of aromatic nitrogens is 2. The van der Waals surface area contributed by atoms with Crippen molar-refractivity contribution in [2.45, 2.75) is 30.2 Å². The molecule has 176 valence electrons. The number of rotatable bonds is 12. The largest absolute Gasteiger partial charge is 0.497 e. The Labute approximate surface area is 198 Å². The summed E-state index contributed by atoms with van der Waals surface area (Å²) in [6.07, 6.45) is 1.43. The average molecular weight is 471 g/mol. The lowest BCUT2D eigenvalue weighted by Crippen LogP contribution is -2.33. The summed E-state index contributed by atoms with van der Waals surface area (Å²) in [5.41, 5.74) is 1.57. The molecular formula is C24H30N4O4S. The standard InChI is InChI=1S/C24H30N4O4S/c1-5-21(23(29)25-11-8-12-30-2)33-24-27-20-10-7-6-9-19(20)22(28-24)26-16-13-17(31-3)15-18(14-16)32-4/h6-7,9-10,13-15,21H,5,8,11-12H2,1-4H3,(H,25,29)(H,26,27,28). The van der Waals surface area contributed by atoms with Crippen LogP contribution in [0, 0.1) is 0 Å². The predicted octanol–water partition coefficient (Wildman–Crippen LogP) is 4.41. The van der Waals surface area contributed by atoms with E-state index in [0.717, 1.165) is 23.0 Å². The van der Waals surface area contributed by atoms with Crippen molar-refractivity contribution in [3.8, 4) is 11.5 Å². The summed E-state index contributed by atoms with van der Waals surface area (Å²) < 4.78 is 15.8. The van der Waals surface area contributed by atoms with Gasteiger partial charge in [0.25, 0.3) is 0 Å². The van der Waals surface area contributed by atoms with Crippen molar-refractivity contribution in [1.29, 1.82) is 0 Å². The zero-order chi connectivity index (χ0) is 23.6. The number of methoxy groups -OCH3 is 3. The molecular weight excluding hydrogens is 440 g/mol. The molecule has 8 nitrogen and oxygen atoms in total. The Morgan fingerprint density at radius 2 is 1.79 bits per heavy atom. The zero-order valence-electron chi connectivity index (χ0n) is 19.4. The molecule has 2 N–H and O–H groups in total. The van der Waals surface area contributed by atoms with Crippen LogP contribution in [-0.4, -0.2) is 55.6 Å². The summed E-state index contributed by atoms with van der Waals surface area (Å²) >= 11 is 1.36. The minimum absolute atomic E-state index is 0.0256. The van der Waals surface area contributed by atoms with Crippen LogP contribution in [0.5, 0.6) is 11.5 Å². The number of para-hydroxylation sites is 1. The molecule has 0 aliphatic rings. The van der Waals surface area contributed by atoms with Gasteiger partial charge in [0.2, 0.25) is 5.91 Å². The Bertz CT molecular complexity index is 1060. The van der Waals surface area contributed by atoms with E-state index >= 15 is 0 Å². The van der Waals surface area contributed by atoms with Gasteiger partial charge in [-0.3, -0.25) is 4.79 Å². The van der Waals surface area contributed by atoms with Crippen molar-refractivity contribution < 1.29 is 19.0 Å². The van der Waals surface area contributed by atoms with Crippen molar-refractivity contribution in [3.63, 3.8) is 0 Å². The average Bonchev–Trinajstić information content (AvgIpc) is 2.84. The van der Waals surface area contributed by atoms with Crippen molar-refractivity contribution >= 4 is 40.1 Å². The SMILES string of the molecule is CCC(Sc1nc(Nc2cc(OC)cc(OC)c2)c2ccccc2n1)C(=O)NCCCOC. The van der Waals surface area contributed by atoms with Gasteiger partial charge in [-0.2, -0.15) is 0 Å². The molecule has 0 aliphatic heterocycles. The number of amides is 1. The summed E-state index contributed by atoms with van der Waals surface area (Å²) in [7, 11) is 4.87. The minimum atomic E-state index is -0.293. The molecule has 1 aromatic heterocycles. The van der Waals surface area contributed by atoms with Crippen LogP contribution < -0.4 is 20.1 Å². The van der Waals surface area contributed by atoms with Crippen LogP contribution >= 0.6 is 11.8 Å². The van der Waals surface area contributed by atoms with E-state index in [1.807, 2.05) is 49.4 Å². The second-order valence-electron chi connectivity index (χ2n) is 7.25. The quantitative estimate of drug-likeness (QED) is 0.228. The van der Waals surface area contributed by atoms with Crippen LogP contribution in [0.3, 0.4) is 0 Å². The number of hydrogen-bond donors (Lipinski definition) is 2. The number of carbonyl (C=O) groups excluding carboxylic acids is 1. The van der Waals surface area contributed by atoms with Crippen LogP contribution in [0.1, 0.15) is 19.8 Å². The maximum absolute atomic E-state index is 12.7. The molecule has 0 fully saturated rings. The fourth-order valence-corrected chi connectivity index (χ4v) is 4.12. The van der Waals surface area contributed by atoms with Crippen molar-refractivity contribution in [3.05, 3.63) is 42.5 Å². The monoisotopic (exact) mass is 470 g/mol. The zero-order valence-corrected chi connectivity index (χ0v) is 20.2. The van der Waals surface area contributed by atoms with Gasteiger partial charge in [-0.05, 0) is 25.0 Å². The number of ether oxygens (including phenoxy) is 3. The molecule has 1 heterocycles. The van der Waals surface area contributed by atoms with Crippen molar-refractivity contribution in [1.82, 2.24) is 15.3 Å². The molecule has 0 radical (unpaired) electrons. The third kappa shape index (κ3) is 6.72. The van der Waals surface area contributed by atoms with Crippen molar-refractivity contribution in [2.75, 3.05) is 39.8 Å². The first-order chi connectivity index (χ1) is 16.1. The Balaban J connectivity index is 1.87. The third-order valence-corrected chi connectivity index (χ3v) is 6.16. The second-order valence-corrected chi connectivity index (χ2v) is 8.42. The molecule has 1 unspecified atom stereocenters. The molecule has 0 bridgehead atoms. The number of carbonyl (C=O) groups is 1. The molecule has 0 aliphatic carbocycles. The van der Waals surface area contributed by atoms with Crippen LogP contribution in [0.2, 0.25) is 0 Å². The highest BCUT2D eigenvalue weighted by molar-refractivity contribution is 8.00. The number of nitrogens with zero attached hydrogens (tertiary/aromatic N) is 2. The maximum Gasteiger partial charge on any atom is 0.233 e. The van der Waals surface area contributed by atoms with E-state index in [9.17, 15) is 4.79 Å².